The summed E-state index contributed by atoms with van der Waals surface area (Å²) in [6.07, 6.45) is 0.894. The Morgan fingerprint density at radius 3 is 2.85 bits per heavy atom. The van der Waals surface area contributed by atoms with Crippen molar-refractivity contribution in [1.29, 1.82) is 5.26 Å². The van der Waals surface area contributed by atoms with Gasteiger partial charge in [-0.3, -0.25) is 0 Å². The van der Waals surface area contributed by atoms with Crippen molar-refractivity contribution in [1.82, 2.24) is 9.88 Å². The second-order valence-electron chi connectivity index (χ2n) is 6.55. The number of aromatic nitrogens is 1. The molecule has 1 aliphatic heterocycles. The maximum atomic E-state index is 9.84. The SMILES string of the molecule is CN1CCc2c(-c3cccs3)nc(OCc3ccccc3Br)c(C#N)c2C1. The second-order valence-corrected chi connectivity index (χ2v) is 8.36. The molecule has 0 saturated heterocycles. The zero-order valence-corrected chi connectivity index (χ0v) is 17.3. The molecule has 3 heterocycles. The molecule has 0 bridgehead atoms. The van der Waals surface area contributed by atoms with Crippen molar-refractivity contribution in [2.24, 2.45) is 0 Å². The van der Waals surface area contributed by atoms with Crippen LogP contribution in [0.1, 0.15) is 22.3 Å². The second kappa shape index (κ2) is 7.81. The van der Waals surface area contributed by atoms with E-state index < -0.39 is 0 Å². The van der Waals surface area contributed by atoms with Gasteiger partial charge in [-0.1, -0.05) is 40.2 Å². The molecule has 0 radical (unpaired) electrons. The van der Waals surface area contributed by atoms with Crippen molar-refractivity contribution in [3.8, 4) is 22.5 Å². The highest BCUT2D eigenvalue weighted by Crippen LogP contribution is 2.37. The summed E-state index contributed by atoms with van der Waals surface area (Å²) in [4.78, 5) is 8.15. The van der Waals surface area contributed by atoms with Crippen molar-refractivity contribution in [2.45, 2.75) is 19.6 Å². The molecule has 3 aromatic rings. The van der Waals surface area contributed by atoms with Crippen LogP contribution in [0.25, 0.3) is 10.6 Å². The molecular formula is C21H18BrN3OS. The van der Waals surface area contributed by atoms with Gasteiger partial charge in [0, 0.05) is 23.1 Å². The van der Waals surface area contributed by atoms with Crippen molar-refractivity contribution in [3.63, 3.8) is 0 Å². The third-order valence-electron chi connectivity index (χ3n) is 4.74. The Balaban J connectivity index is 1.79. The molecule has 0 aliphatic carbocycles. The van der Waals surface area contributed by atoms with Gasteiger partial charge in [0.1, 0.15) is 18.2 Å². The fraction of sp³-hybridized carbons (Fsp3) is 0.238. The van der Waals surface area contributed by atoms with E-state index in [2.05, 4.69) is 45.4 Å². The molecule has 27 heavy (non-hydrogen) atoms. The molecule has 136 valence electrons. The highest BCUT2D eigenvalue weighted by Gasteiger charge is 2.26. The predicted octanol–water partition coefficient (Wildman–Crippen LogP) is 5.01. The molecule has 4 nitrogen and oxygen atoms in total. The number of pyridine rings is 1. The van der Waals surface area contributed by atoms with Crippen molar-refractivity contribution < 1.29 is 4.74 Å². The Bertz CT molecular complexity index is 1010. The molecule has 1 aliphatic rings. The highest BCUT2D eigenvalue weighted by atomic mass is 79.9. The molecule has 0 saturated carbocycles. The number of hydrogen-bond donors (Lipinski definition) is 0. The highest BCUT2D eigenvalue weighted by molar-refractivity contribution is 9.10. The number of ether oxygens (including phenoxy) is 1. The van der Waals surface area contributed by atoms with Gasteiger partial charge in [0.15, 0.2) is 0 Å². The summed E-state index contributed by atoms with van der Waals surface area (Å²) in [5, 5.41) is 11.9. The fourth-order valence-electron chi connectivity index (χ4n) is 3.34. The van der Waals surface area contributed by atoms with E-state index in [0.29, 0.717) is 18.1 Å². The minimum absolute atomic E-state index is 0.363. The maximum Gasteiger partial charge on any atom is 0.232 e. The third kappa shape index (κ3) is 3.63. The van der Waals surface area contributed by atoms with Gasteiger partial charge in [0.05, 0.1) is 10.6 Å². The molecular weight excluding hydrogens is 422 g/mol. The monoisotopic (exact) mass is 439 g/mol. The lowest BCUT2D eigenvalue weighted by molar-refractivity contribution is 0.285. The summed E-state index contributed by atoms with van der Waals surface area (Å²) in [5.41, 5.74) is 4.76. The maximum absolute atomic E-state index is 9.84. The Morgan fingerprint density at radius 1 is 1.26 bits per heavy atom. The van der Waals surface area contributed by atoms with Crippen LogP contribution in [0.3, 0.4) is 0 Å². The van der Waals surface area contributed by atoms with Crippen LogP contribution in [-0.2, 0) is 19.6 Å². The molecule has 0 atom stereocenters. The van der Waals surface area contributed by atoms with Gasteiger partial charge in [0.2, 0.25) is 5.88 Å². The minimum Gasteiger partial charge on any atom is -0.472 e. The average molecular weight is 440 g/mol. The summed E-state index contributed by atoms with van der Waals surface area (Å²) in [5.74, 6) is 0.422. The van der Waals surface area contributed by atoms with E-state index in [0.717, 1.165) is 45.7 Å². The van der Waals surface area contributed by atoms with Crippen LogP contribution in [0.4, 0.5) is 0 Å². The normalized spacial score (nSPS) is 13.8. The topological polar surface area (TPSA) is 49.2 Å². The molecule has 6 heteroatoms. The summed E-state index contributed by atoms with van der Waals surface area (Å²) in [6, 6.07) is 14.4. The first kappa shape index (κ1) is 18.2. The van der Waals surface area contributed by atoms with Gasteiger partial charge >= 0.3 is 0 Å². The first-order valence-electron chi connectivity index (χ1n) is 8.72. The standard InChI is InChI=1S/C21H18BrN3OS/c1-25-9-8-15-17(12-25)16(11-23)21(24-20(15)19-7-4-10-27-19)26-13-14-5-2-3-6-18(14)22/h2-7,10H,8-9,12-13H2,1H3. The van der Waals surface area contributed by atoms with Crippen molar-refractivity contribution >= 4 is 27.3 Å². The number of fused-ring (bicyclic) bond motifs is 1. The van der Waals surface area contributed by atoms with Gasteiger partial charge in [0.25, 0.3) is 0 Å². The first-order chi connectivity index (χ1) is 13.2. The lowest BCUT2D eigenvalue weighted by atomic mass is 9.94. The van der Waals surface area contributed by atoms with Gasteiger partial charge in [-0.05, 0) is 42.1 Å². The van der Waals surface area contributed by atoms with Crippen LogP contribution in [0.2, 0.25) is 0 Å². The van der Waals surface area contributed by atoms with Crippen LogP contribution in [0.5, 0.6) is 5.88 Å². The molecule has 4 rings (SSSR count). The zero-order chi connectivity index (χ0) is 18.8. The van der Waals surface area contributed by atoms with Crippen LogP contribution >= 0.6 is 27.3 Å². The third-order valence-corrected chi connectivity index (χ3v) is 6.39. The van der Waals surface area contributed by atoms with E-state index in [-0.39, 0.29) is 0 Å². The average Bonchev–Trinajstić information content (AvgIpc) is 3.21. The Kier molecular flexibility index (Phi) is 5.26. The van der Waals surface area contributed by atoms with Crippen molar-refractivity contribution in [3.05, 3.63) is 68.5 Å². The number of nitrogens with zero attached hydrogens (tertiary/aromatic N) is 3. The van der Waals surface area contributed by atoms with Gasteiger partial charge in [-0.25, -0.2) is 4.98 Å². The van der Waals surface area contributed by atoms with Crippen LogP contribution in [-0.4, -0.2) is 23.5 Å². The predicted molar refractivity (Wildman–Crippen MR) is 111 cm³/mol. The van der Waals surface area contributed by atoms with Gasteiger partial charge in [-0.2, -0.15) is 5.26 Å². The van der Waals surface area contributed by atoms with E-state index in [4.69, 9.17) is 9.72 Å². The molecule has 2 aromatic heterocycles. The lowest BCUT2D eigenvalue weighted by Crippen LogP contribution is -2.28. The summed E-state index contributed by atoms with van der Waals surface area (Å²) in [6.45, 7) is 2.07. The largest absolute Gasteiger partial charge is 0.472 e. The minimum atomic E-state index is 0.363. The molecule has 0 unspecified atom stereocenters. The zero-order valence-electron chi connectivity index (χ0n) is 14.9. The fourth-order valence-corrected chi connectivity index (χ4v) is 4.48. The van der Waals surface area contributed by atoms with E-state index >= 15 is 0 Å². The molecule has 0 N–H and O–H groups in total. The lowest BCUT2D eigenvalue weighted by Gasteiger charge is -2.28. The summed E-state index contributed by atoms with van der Waals surface area (Å²) in [7, 11) is 2.08. The Hall–Kier alpha value is -2.20. The Labute approximate surface area is 171 Å². The smallest absolute Gasteiger partial charge is 0.232 e. The number of thiophene rings is 1. The molecule has 0 fully saturated rings. The number of hydrogen-bond acceptors (Lipinski definition) is 5. The van der Waals surface area contributed by atoms with Gasteiger partial charge < -0.3 is 9.64 Å². The summed E-state index contributed by atoms with van der Waals surface area (Å²) >= 11 is 5.22. The number of nitriles is 1. The molecule has 0 spiro atoms. The van der Waals surface area contributed by atoms with Gasteiger partial charge in [-0.15, -0.1) is 11.3 Å². The van der Waals surface area contributed by atoms with E-state index in [9.17, 15) is 5.26 Å². The van der Waals surface area contributed by atoms with E-state index in [1.807, 2.05) is 30.3 Å². The summed E-state index contributed by atoms with van der Waals surface area (Å²) < 4.78 is 7.04. The number of benzene rings is 1. The Morgan fingerprint density at radius 2 is 2.11 bits per heavy atom. The van der Waals surface area contributed by atoms with Crippen molar-refractivity contribution in [2.75, 3.05) is 13.6 Å². The van der Waals surface area contributed by atoms with E-state index in [1.165, 1.54) is 5.56 Å². The first-order valence-corrected chi connectivity index (χ1v) is 10.4. The number of halogens is 1. The van der Waals surface area contributed by atoms with Crippen LogP contribution < -0.4 is 4.74 Å². The molecule has 1 aromatic carbocycles. The van der Waals surface area contributed by atoms with Crippen LogP contribution in [0.15, 0.2) is 46.3 Å². The number of likely N-dealkylation sites (N-methyl/N-ethyl adjacent to an activating group) is 1. The van der Waals surface area contributed by atoms with Crippen LogP contribution in [0, 0.1) is 11.3 Å². The molecule has 0 amide bonds. The van der Waals surface area contributed by atoms with E-state index in [1.54, 1.807) is 11.3 Å². The number of rotatable bonds is 4. The quantitative estimate of drug-likeness (QED) is 0.572.